The molecule has 1 N–H and O–H groups in total. The van der Waals surface area contributed by atoms with Crippen LogP contribution in [0.5, 0.6) is 0 Å². The van der Waals surface area contributed by atoms with Crippen LogP contribution in [0.25, 0.3) is 10.2 Å². The molecular weight excluding hydrogens is 467 g/mol. The average molecular weight is 488 g/mol. The van der Waals surface area contributed by atoms with Crippen molar-refractivity contribution >= 4 is 27.5 Å². The highest BCUT2D eigenvalue weighted by atomic mass is 32.1. The van der Waals surface area contributed by atoms with E-state index in [1.54, 1.807) is 0 Å². The van der Waals surface area contributed by atoms with Crippen molar-refractivity contribution in [2.75, 3.05) is 6.54 Å². The van der Waals surface area contributed by atoms with Gasteiger partial charge in [-0.1, -0.05) is 25.0 Å². The predicted octanol–water partition coefficient (Wildman–Crippen LogP) is 5.16. The second-order valence-corrected chi connectivity index (χ2v) is 9.76. The molecule has 7 nitrogen and oxygen atoms in total. The molecular formula is C23H20F3N5O2S. The molecule has 1 amide bonds. The first kappa shape index (κ1) is 21.3. The minimum absolute atomic E-state index is 0.0448. The maximum atomic E-state index is 13.8. The molecule has 0 spiro atoms. The van der Waals surface area contributed by atoms with Crippen LogP contribution in [-0.4, -0.2) is 37.3 Å². The van der Waals surface area contributed by atoms with Gasteiger partial charge in [0, 0.05) is 25.1 Å². The number of oxazole rings is 1. The van der Waals surface area contributed by atoms with Gasteiger partial charge in [-0.15, -0.1) is 11.3 Å². The van der Waals surface area contributed by atoms with Gasteiger partial charge in [0.15, 0.2) is 11.6 Å². The van der Waals surface area contributed by atoms with Gasteiger partial charge < -0.3 is 14.3 Å². The number of para-hydroxylation sites is 1. The Labute approximate surface area is 196 Å². The van der Waals surface area contributed by atoms with Crippen LogP contribution < -0.4 is 0 Å². The third-order valence-electron chi connectivity index (χ3n) is 6.33. The highest BCUT2D eigenvalue weighted by molar-refractivity contribution is 7.18. The van der Waals surface area contributed by atoms with E-state index in [1.807, 2.05) is 24.3 Å². The number of fused-ring (bicyclic) bond motifs is 2. The molecule has 1 aliphatic heterocycles. The molecule has 1 aromatic carbocycles. The minimum atomic E-state index is -4.80. The number of rotatable bonds is 5. The molecule has 0 bridgehead atoms. The van der Waals surface area contributed by atoms with Gasteiger partial charge >= 0.3 is 6.18 Å². The molecule has 1 atom stereocenters. The Hall–Kier alpha value is -3.21. The largest absolute Gasteiger partial charge is 0.437 e. The number of alkyl halides is 3. The first-order chi connectivity index (χ1) is 16.4. The van der Waals surface area contributed by atoms with Crippen LogP contribution >= 0.6 is 11.3 Å². The lowest BCUT2D eigenvalue weighted by molar-refractivity contribution is -0.141. The lowest BCUT2D eigenvalue weighted by Crippen LogP contribution is -2.41. The average Bonchev–Trinajstić information content (AvgIpc) is 3.21. The van der Waals surface area contributed by atoms with Gasteiger partial charge in [0.25, 0.3) is 5.91 Å². The zero-order valence-corrected chi connectivity index (χ0v) is 18.7. The summed E-state index contributed by atoms with van der Waals surface area (Å²) >= 11 is 1.39. The SMILES string of the molecule is O=C(c1oc(CCC2CC2)nc1C(F)(F)F)N1CCc2[nH]cnc2[C@H]1c1nc2ccccc2s1. The van der Waals surface area contributed by atoms with E-state index in [0.29, 0.717) is 29.5 Å². The van der Waals surface area contributed by atoms with Gasteiger partial charge in [-0.2, -0.15) is 13.2 Å². The van der Waals surface area contributed by atoms with E-state index in [4.69, 9.17) is 4.42 Å². The third-order valence-corrected chi connectivity index (χ3v) is 7.42. The van der Waals surface area contributed by atoms with Crippen molar-refractivity contribution in [1.29, 1.82) is 0 Å². The molecule has 34 heavy (non-hydrogen) atoms. The van der Waals surface area contributed by atoms with E-state index < -0.39 is 29.6 Å². The summed E-state index contributed by atoms with van der Waals surface area (Å²) in [7, 11) is 0. The third kappa shape index (κ3) is 3.77. The maximum absolute atomic E-state index is 13.8. The first-order valence-corrected chi connectivity index (χ1v) is 12.0. The molecule has 11 heteroatoms. The zero-order chi connectivity index (χ0) is 23.4. The number of hydrogen-bond donors (Lipinski definition) is 1. The fourth-order valence-electron chi connectivity index (χ4n) is 4.43. The van der Waals surface area contributed by atoms with Crippen LogP contribution in [0.15, 0.2) is 35.0 Å². The summed E-state index contributed by atoms with van der Waals surface area (Å²) in [5, 5.41) is 0.588. The van der Waals surface area contributed by atoms with Gasteiger partial charge in [0.05, 0.1) is 22.2 Å². The predicted molar refractivity (Wildman–Crippen MR) is 117 cm³/mol. The number of carbonyl (C=O) groups excluding carboxylic acids is 1. The summed E-state index contributed by atoms with van der Waals surface area (Å²) in [6.45, 7) is 0.198. The normalized spacial score (nSPS) is 18.4. The second-order valence-electron chi connectivity index (χ2n) is 8.70. The van der Waals surface area contributed by atoms with E-state index in [-0.39, 0.29) is 18.9 Å². The highest BCUT2D eigenvalue weighted by Gasteiger charge is 2.45. The number of aryl methyl sites for hydroxylation is 1. The summed E-state index contributed by atoms with van der Waals surface area (Å²) in [4.78, 5) is 30.8. The van der Waals surface area contributed by atoms with Gasteiger partial charge in [0.2, 0.25) is 5.76 Å². The van der Waals surface area contributed by atoms with E-state index in [2.05, 4.69) is 19.9 Å². The molecule has 1 fully saturated rings. The van der Waals surface area contributed by atoms with Gasteiger partial charge in [-0.25, -0.2) is 15.0 Å². The number of aromatic nitrogens is 4. The van der Waals surface area contributed by atoms with Crippen molar-refractivity contribution in [3.05, 3.63) is 64.3 Å². The van der Waals surface area contributed by atoms with Crippen LogP contribution in [0.4, 0.5) is 13.2 Å². The van der Waals surface area contributed by atoms with E-state index in [1.165, 1.54) is 22.6 Å². The van der Waals surface area contributed by atoms with E-state index in [9.17, 15) is 18.0 Å². The van der Waals surface area contributed by atoms with Crippen LogP contribution in [0.3, 0.4) is 0 Å². The fourth-order valence-corrected chi connectivity index (χ4v) is 5.51. The Balaban J connectivity index is 1.40. The number of thiazole rings is 1. The zero-order valence-electron chi connectivity index (χ0n) is 17.9. The molecule has 2 aliphatic rings. The number of H-pyrrole nitrogens is 1. The molecule has 1 saturated carbocycles. The molecule has 0 unspecified atom stereocenters. The molecule has 176 valence electrons. The Bertz CT molecular complexity index is 1340. The Morgan fingerprint density at radius 2 is 2.06 bits per heavy atom. The van der Waals surface area contributed by atoms with Crippen LogP contribution in [0.1, 0.15) is 63.8 Å². The molecule has 0 saturated heterocycles. The maximum Gasteiger partial charge on any atom is 0.437 e. The topological polar surface area (TPSA) is 87.9 Å². The number of hydrogen-bond acceptors (Lipinski definition) is 6. The van der Waals surface area contributed by atoms with Crippen molar-refractivity contribution in [3.63, 3.8) is 0 Å². The monoisotopic (exact) mass is 487 g/mol. The summed E-state index contributed by atoms with van der Waals surface area (Å²) in [6.07, 6.45) is 0.304. The summed E-state index contributed by atoms with van der Waals surface area (Å²) < 4.78 is 47.9. The number of nitrogens with one attached hydrogen (secondary N) is 1. The minimum Gasteiger partial charge on any atom is -0.435 e. The van der Waals surface area contributed by atoms with Crippen LogP contribution in [0.2, 0.25) is 0 Å². The number of halogens is 3. The van der Waals surface area contributed by atoms with Crippen molar-refractivity contribution < 1.29 is 22.4 Å². The molecule has 0 radical (unpaired) electrons. The Kier molecular flexibility index (Phi) is 4.98. The Morgan fingerprint density at radius 3 is 2.82 bits per heavy atom. The number of amides is 1. The molecule has 6 rings (SSSR count). The number of imidazole rings is 1. The molecule has 1 aliphatic carbocycles. The molecule has 4 aromatic rings. The quantitative estimate of drug-likeness (QED) is 0.420. The molecule has 3 aromatic heterocycles. The number of aromatic amines is 1. The smallest absolute Gasteiger partial charge is 0.435 e. The first-order valence-electron chi connectivity index (χ1n) is 11.1. The second kappa shape index (κ2) is 7.93. The van der Waals surface area contributed by atoms with E-state index >= 15 is 0 Å². The van der Waals surface area contributed by atoms with Crippen LogP contribution in [0, 0.1) is 5.92 Å². The summed E-state index contributed by atoms with van der Waals surface area (Å²) in [6, 6.07) is 6.81. The fraction of sp³-hybridized carbons (Fsp3) is 0.391. The van der Waals surface area contributed by atoms with Crippen molar-refractivity contribution in [1.82, 2.24) is 24.8 Å². The summed E-state index contributed by atoms with van der Waals surface area (Å²) in [5.41, 5.74) is 0.919. The lowest BCUT2D eigenvalue weighted by Gasteiger charge is -2.33. The van der Waals surface area contributed by atoms with Gasteiger partial charge in [-0.05, 0) is 24.5 Å². The van der Waals surface area contributed by atoms with Gasteiger partial charge in [0.1, 0.15) is 11.0 Å². The van der Waals surface area contributed by atoms with Crippen molar-refractivity contribution in [2.24, 2.45) is 5.92 Å². The standard InChI is InChI=1S/C23H20F3N5O2S/c24-23(25,26)20-19(33-16(30-20)8-7-12-5-6-12)22(32)31-10-9-14-17(28-11-27-14)18(31)21-29-13-3-1-2-4-15(13)34-21/h1-4,11-12,18H,5-10H2,(H,27,28)/t18-/m0/s1. The summed E-state index contributed by atoms with van der Waals surface area (Å²) in [5.74, 6) is -1.15. The van der Waals surface area contributed by atoms with Gasteiger partial charge in [-0.3, -0.25) is 4.79 Å². The van der Waals surface area contributed by atoms with Crippen LogP contribution in [-0.2, 0) is 19.0 Å². The van der Waals surface area contributed by atoms with Crippen molar-refractivity contribution in [3.8, 4) is 0 Å². The van der Waals surface area contributed by atoms with Crippen molar-refractivity contribution in [2.45, 2.75) is 44.3 Å². The lowest BCUT2D eigenvalue weighted by atomic mass is 10.0. The number of carbonyl (C=O) groups is 1. The van der Waals surface area contributed by atoms with E-state index in [0.717, 1.165) is 28.8 Å². The number of nitrogens with zero attached hydrogens (tertiary/aromatic N) is 4. The highest BCUT2D eigenvalue weighted by Crippen LogP contribution is 2.40. The molecule has 4 heterocycles. The Morgan fingerprint density at radius 1 is 1.24 bits per heavy atom. The number of benzene rings is 1.